The summed E-state index contributed by atoms with van der Waals surface area (Å²) in [6.45, 7) is 2.97. The van der Waals surface area contributed by atoms with Crippen LogP contribution in [0.2, 0.25) is 0 Å². The summed E-state index contributed by atoms with van der Waals surface area (Å²) in [7, 11) is 0. The first-order chi connectivity index (χ1) is 14.8. The van der Waals surface area contributed by atoms with Gasteiger partial charge in [0.05, 0.1) is 24.3 Å². The van der Waals surface area contributed by atoms with E-state index >= 15 is 0 Å². The van der Waals surface area contributed by atoms with Gasteiger partial charge in [-0.05, 0) is 36.4 Å². The number of hydrogen-bond acceptors (Lipinski definition) is 5. The number of ketones is 1. The average molecular weight is 398 g/mol. The largest absolute Gasteiger partial charge is 0.480 e. The van der Waals surface area contributed by atoms with Crippen molar-refractivity contribution in [3.63, 3.8) is 0 Å². The van der Waals surface area contributed by atoms with Gasteiger partial charge < -0.3 is 14.4 Å². The summed E-state index contributed by atoms with van der Waals surface area (Å²) < 4.78 is 11.0. The molecule has 150 valence electrons. The Hall–Kier alpha value is -3.62. The maximum atomic E-state index is 12.9. The zero-order valence-corrected chi connectivity index (χ0v) is 16.6. The van der Waals surface area contributed by atoms with E-state index in [1.807, 2.05) is 36.4 Å². The van der Waals surface area contributed by atoms with Crippen LogP contribution < -0.4 is 9.64 Å². The number of benzene rings is 2. The average Bonchev–Trinajstić information content (AvgIpc) is 2.81. The first-order valence-corrected chi connectivity index (χ1v) is 9.86. The summed E-state index contributed by atoms with van der Waals surface area (Å²) in [5, 5.41) is 1.03. The Morgan fingerprint density at radius 1 is 1.17 bits per heavy atom. The van der Waals surface area contributed by atoms with Crippen molar-refractivity contribution in [3.8, 4) is 18.1 Å². The highest BCUT2D eigenvalue weighted by Gasteiger charge is 2.17. The van der Waals surface area contributed by atoms with Crippen molar-refractivity contribution in [1.82, 2.24) is 4.98 Å². The molecule has 0 spiro atoms. The molecule has 1 aromatic heterocycles. The maximum Gasteiger partial charge on any atom is 0.189 e. The lowest BCUT2D eigenvalue weighted by Crippen LogP contribution is -2.37. The van der Waals surface area contributed by atoms with E-state index in [9.17, 15) is 4.79 Å². The number of anilines is 1. The van der Waals surface area contributed by atoms with E-state index < -0.39 is 0 Å². The number of para-hydroxylation sites is 2. The quantitative estimate of drug-likeness (QED) is 0.357. The number of rotatable bonds is 6. The first-order valence-electron chi connectivity index (χ1n) is 9.86. The number of terminal acetylenes is 1. The van der Waals surface area contributed by atoms with Crippen LogP contribution in [0.25, 0.3) is 17.0 Å². The van der Waals surface area contributed by atoms with Gasteiger partial charge in [-0.2, -0.15) is 0 Å². The number of pyridine rings is 1. The monoisotopic (exact) mass is 398 g/mol. The lowest BCUT2D eigenvalue weighted by Gasteiger charge is -2.29. The van der Waals surface area contributed by atoms with Crippen molar-refractivity contribution in [2.45, 2.75) is 0 Å². The van der Waals surface area contributed by atoms with Gasteiger partial charge in [-0.3, -0.25) is 4.79 Å². The topological polar surface area (TPSA) is 51.7 Å². The van der Waals surface area contributed by atoms with Gasteiger partial charge in [-0.25, -0.2) is 4.98 Å². The summed E-state index contributed by atoms with van der Waals surface area (Å²) >= 11 is 0. The highest BCUT2D eigenvalue weighted by molar-refractivity contribution is 6.09. The Bertz CT molecular complexity index is 1120. The van der Waals surface area contributed by atoms with Crippen LogP contribution in [0.1, 0.15) is 15.9 Å². The molecule has 0 aliphatic carbocycles. The summed E-state index contributed by atoms with van der Waals surface area (Å²) in [6.07, 6.45) is 8.66. The van der Waals surface area contributed by atoms with Crippen LogP contribution in [0, 0.1) is 12.3 Å². The number of nitrogens with zero attached hydrogens (tertiary/aromatic N) is 2. The lowest BCUT2D eigenvalue weighted by atomic mass is 10.1. The van der Waals surface area contributed by atoms with Crippen LogP contribution in [0.3, 0.4) is 0 Å². The normalized spacial score (nSPS) is 14.0. The Balaban J connectivity index is 1.68. The van der Waals surface area contributed by atoms with Gasteiger partial charge in [0, 0.05) is 24.0 Å². The van der Waals surface area contributed by atoms with Crippen LogP contribution in [-0.4, -0.2) is 43.7 Å². The molecule has 1 aliphatic heterocycles. The van der Waals surface area contributed by atoms with Crippen molar-refractivity contribution >= 4 is 28.6 Å². The van der Waals surface area contributed by atoms with Crippen molar-refractivity contribution in [3.05, 3.63) is 71.8 Å². The molecule has 0 saturated carbocycles. The second-order valence-corrected chi connectivity index (χ2v) is 6.88. The number of morpholine rings is 1. The number of aromatic nitrogens is 1. The van der Waals surface area contributed by atoms with Gasteiger partial charge in [0.15, 0.2) is 5.78 Å². The van der Waals surface area contributed by atoms with Gasteiger partial charge in [0.1, 0.15) is 18.2 Å². The summed E-state index contributed by atoms with van der Waals surface area (Å²) in [4.78, 5) is 19.9. The third-order valence-electron chi connectivity index (χ3n) is 4.92. The van der Waals surface area contributed by atoms with E-state index in [0.29, 0.717) is 24.5 Å². The molecule has 0 radical (unpaired) electrons. The molecule has 0 N–H and O–H groups in total. The molecule has 1 fully saturated rings. The summed E-state index contributed by atoms with van der Waals surface area (Å²) in [6, 6.07) is 17.1. The molecule has 0 unspecified atom stereocenters. The van der Waals surface area contributed by atoms with Crippen LogP contribution in [0.15, 0.2) is 60.7 Å². The van der Waals surface area contributed by atoms with E-state index in [0.717, 1.165) is 35.4 Å². The number of carbonyl (C=O) groups is 1. The Morgan fingerprint density at radius 3 is 2.77 bits per heavy atom. The molecule has 0 bridgehead atoms. The van der Waals surface area contributed by atoms with E-state index in [1.165, 1.54) is 0 Å². The van der Waals surface area contributed by atoms with Gasteiger partial charge in [-0.1, -0.05) is 36.3 Å². The van der Waals surface area contributed by atoms with Gasteiger partial charge in [-0.15, -0.1) is 6.42 Å². The Morgan fingerprint density at radius 2 is 1.93 bits per heavy atom. The zero-order valence-electron chi connectivity index (χ0n) is 16.6. The highest BCUT2D eigenvalue weighted by Crippen LogP contribution is 2.26. The van der Waals surface area contributed by atoms with Crippen LogP contribution >= 0.6 is 0 Å². The molecule has 1 aliphatic rings. The Labute approximate surface area is 175 Å². The molecule has 5 nitrogen and oxygen atoms in total. The molecule has 0 amide bonds. The molecular weight excluding hydrogens is 376 g/mol. The minimum atomic E-state index is -0.149. The molecule has 1 saturated heterocycles. The minimum Gasteiger partial charge on any atom is -0.480 e. The fourth-order valence-corrected chi connectivity index (χ4v) is 3.44. The second kappa shape index (κ2) is 9.25. The Kier molecular flexibility index (Phi) is 6.07. The smallest absolute Gasteiger partial charge is 0.189 e. The van der Waals surface area contributed by atoms with Crippen LogP contribution in [0.4, 0.5) is 5.82 Å². The third kappa shape index (κ3) is 4.35. The number of allylic oxidation sites excluding steroid dienone is 1. The summed E-state index contributed by atoms with van der Waals surface area (Å²) in [5.41, 5.74) is 2.30. The number of fused-ring (bicyclic) bond motifs is 1. The van der Waals surface area contributed by atoms with Gasteiger partial charge in [0.25, 0.3) is 0 Å². The molecule has 5 heteroatoms. The predicted octanol–water partition coefficient (Wildman–Crippen LogP) is 3.98. The van der Waals surface area contributed by atoms with Gasteiger partial charge in [0.2, 0.25) is 0 Å². The second-order valence-electron chi connectivity index (χ2n) is 6.88. The molecule has 2 heterocycles. The SMILES string of the molecule is C#CCOc1ccccc1C(=O)/C=C/c1cc2ccccc2nc1N1CCOCC1. The van der Waals surface area contributed by atoms with Crippen LogP contribution in [-0.2, 0) is 4.74 Å². The molecule has 0 atom stereocenters. The zero-order chi connectivity index (χ0) is 20.8. The number of hydrogen-bond donors (Lipinski definition) is 0. The maximum absolute atomic E-state index is 12.9. The third-order valence-corrected chi connectivity index (χ3v) is 4.92. The van der Waals surface area contributed by atoms with Crippen molar-refractivity contribution in [2.24, 2.45) is 0 Å². The molecule has 3 aromatic rings. The van der Waals surface area contributed by atoms with Gasteiger partial charge >= 0.3 is 0 Å². The molecule has 4 rings (SSSR count). The molecule has 2 aromatic carbocycles. The van der Waals surface area contributed by atoms with Crippen LogP contribution in [0.5, 0.6) is 5.75 Å². The molecule has 30 heavy (non-hydrogen) atoms. The van der Waals surface area contributed by atoms with E-state index in [4.69, 9.17) is 20.9 Å². The summed E-state index contributed by atoms with van der Waals surface area (Å²) in [5.74, 6) is 3.62. The predicted molar refractivity (Wildman–Crippen MR) is 119 cm³/mol. The van der Waals surface area contributed by atoms with Crippen molar-refractivity contribution < 1.29 is 14.3 Å². The number of ether oxygens (including phenoxy) is 2. The number of carbonyl (C=O) groups excluding carboxylic acids is 1. The highest BCUT2D eigenvalue weighted by atomic mass is 16.5. The molecular formula is C25H22N2O3. The van der Waals surface area contributed by atoms with Crippen molar-refractivity contribution in [1.29, 1.82) is 0 Å². The lowest BCUT2D eigenvalue weighted by molar-refractivity contribution is 0.104. The first kappa shape index (κ1) is 19.7. The van der Waals surface area contributed by atoms with E-state index in [1.54, 1.807) is 24.3 Å². The standard InChI is InChI=1S/C25H22N2O3/c1-2-15-30-24-10-6-4-8-21(24)23(28)12-11-20-18-19-7-3-5-9-22(19)26-25(20)27-13-16-29-17-14-27/h1,3-12,18H,13-17H2/b12-11+. The van der Waals surface area contributed by atoms with Crippen molar-refractivity contribution in [2.75, 3.05) is 37.8 Å². The van der Waals surface area contributed by atoms with E-state index in [2.05, 4.69) is 16.9 Å². The fourth-order valence-electron chi connectivity index (χ4n) is 3.44. The fraction of sp³-hybridized carbons (Fsp3) is 0.200. The van der Waals surface area contributed by atoms with E-state index in [-0.39, 0.29) is 12.4 Å². The minimum absolute atomic E-state index is 0.115.